The Morgan fingerprint density at radius 2 is 1.95 bits per heavy atom. The van der Waals surface area contributed by atoms with E-state index in [0.29, 0.717) is 52.9 Å². The number of hydrogen-bond donors (Lipinski definition) is 1. The van der Waals surface area contributed by atoms with Crippen LogP contribution in [0.2, 0.25) is 0 Å². The molecule has 38 heavy (non-hydrogen) atoms. The lowest BCUT2D eigenvalue weighted by molar-refractivity contribution is -0.129. The highest BCUT2D eigenvalue weighted by Crippen LogP contribution is 2.34. The number of amides is 2. The van der Waals surface area contributed by atoms with E-state index in [9.17, 15) is 18.8 Å². The van der Waals surface area contributed by atoms with Crippen molar-refractivity contribution in [1.29, 1.82) is 0 Å². The van der Waals surface area contributed by atoms with Crippen molar-refractivity contribution in [1.82, 2.24) is 14.5 Å². The number of thiophene rings is 1. The Kier molecular flexibility index (Phi) is 7.48. The molecule has 4 aromatic rings. The number of anilines is 1. The van der Waals surface area contributed by atoms with E-state index >= 15 is 0 Å². The fourth-order valence-corrected chi connectivity index (χ4v) is 6.44. The maximum absolute atomic E-state index is 14.0. The predicted octanol–water partition coefficient (Wildman–Crippen LogP) is 4.62. The fraction of sp³-hybridized carbons (Fsp3) is 0.259. The van der Waals surface area contributed by atoms with Crippen LogP contribution in [0.5, 0.6) is 5.75 Å². The molecule has 2 amide bonds. The van der Waals surface area contributed by atoms with Gasteiger partial charge < -0.3 is 15.0 Å². The molecular formula is C27H25FN4O4S2. The standard InChI is InChI=1S/C27H25FN4O4S2/c1-3-36-18-10-8-17(9-11-18)32-26(35)24-19-12-13-31(16(2)33)14-22(19)38-25(24)30-27(32)37-15-23(34)29-21-7-5-4-6-20(21)28/h4-11H,3,12-15H2,1-2H3,(H,29,34). The predicted molar refractivity (Wildman–Crippen MR) is 147 cm³/mol. The summed E-state index contributed by atoms with van der Waals surface area (Å²) in [6.07, 6.45) is 0.576. The Morgan fingerprint density at radius 1 is 1.18 bits per heavy atom. The Morgan fingerprint density at radius 3 is 2.66 bits per heavy atom. The summed E-state index contributed by atoms with van der Waals surface area (Å²) in [6.45, 7) is 4.94. The van der Waals surface area contributed by atoms with Gasteiger partial charge in [0.15, 0.2) is 5.16 Å². The van der Waals surface area contributed by atoms with Gasteiger partial charge in [-0.2, -0.15) is 0 Å². The Labute approximate surface area is 226 Å². The second-order valence-electron chi connectivity index (χ2n) is 8.65. The van der Waals surface area contributed by atoms with Gasteiger partial charge >= 0.3 is 0 Å². The average molecular weight is 553 g/mol. The largest absolute Gasteiger partial charge is 0.494 e. The van der Waals surface area contributed by atoms with Crippen LogP contribution in [0, 0.1) is 5.82 Å². The van der Waals surface area contributed by atoms with E-state index in [0.717, 1.165) is 22.2 Å². The first-order chi connectivity index (χ1) is 18.4. The lowest BCUT2D eigenvalue weighted by Gasteiger charge is -2.25. The highest BCUT2D eigenvalue weighted by atomic mass is 32.2. The van der Waals surface area contributed by atoms with Gasteiger partial charge in [-0.15, -0.1) is 11.3 Å². The smallest absolute Gasteiger partial charge is 0.267 e. The van der Waals surface area contributed by atoms with Crippen LogP contribution in [0.1, 0.15) is 24.3 Å². The van der Waals surface area contributed by atoms with Gasteiger partial charge in [-0.3, -0.25) is 19.0 Å². The third-order valence-corrected chi connectivity index (χ3v) is 8.22. The molecular weight excluding hydrogens is 527 g/mol. The number of carbonyl (C=O) groups excluding carboxylic acids is 2. The maximum atomic E-state index is 14.0. The number of hydrogen-bond acceptors (Lipinski definition) is 7. The monoisotopic (exact) mass is 552 g/mol. The molecule has 0 saturated heterocycles. The van der Waals surface area contributed by atoms with Crippen LogP contribution in [0.4, 0.5) is 10.1 Å². The molecule has 1 N–H and O–H groups in total. The number of ether oxygens (including phenoxy) is 1. The minimum atomic E-state index is -0.527. The van der Waals surface area contributed by atoms with Crippen molar-refractivity contribution in [2.75, 3.05) is 24.2 Å². The van der Waals surface area contributed by atoms with Crippen molar-refractivity contribution < 1.29 is 18.7 Å². The molecule has 0 radical (unpaired) electrons. The van der Waals surface area contributed by atoms with E-state index in [2.05, 4.69) is 5.32 Å². The number of rotatable bonds is 7. The van der Waals surface area contributed by atoms with Crippen LogP contribution in [0.3, 0.4) is 0 Å². The SMILES string of the molecule is CCOc1ccc(-n2c(SCC(=O)Nc3ccccc3F)nc3sc4c(c3c2=O)CCN(C(C)=O)C4)cc1. The molecule has 0 aliphatic carbocycles. The molecule has 2 aromatic carbocycles. The molecule has 1 aliphatic rings. The summed E-state index contributed by atoms with van der Waals surface area (Å²) in [7, 11) is 0. The van der Waals surface area contributed by atoms with E-state index in [-0.39, 0.29) is 22.9 Å². The highest BCUT2D eigenvalue weighted by molar-refractivity contribution is 7.99. The molecule has 0 spiro atoms. The van der Waals surface area contributed by atoms with Gasteiger partial charge in [0.25, 0.3) is 5.56 Å². The number of benzene rings is 2. The van der Waals surface area contributed by atoms with Crippen LogP contribution in [-0.4, -0.2) is 45.2 Å². The number of fused-ring (bicyclic) bond motifs is 3. The molecule has 11 heteroatoms. The number of nitrogens with one attached hydrogen (secondary N) is 1. The first kappa shape index (κ1) is 25.9. The molecule has 0 unspecified atom stereocenters. The summed E-state index contributed by atoms with van der Waals surface area (Å²) in [6, 6.07) is 13.1. The normalized spacial score (nSPS) is 12.9. The van der Waals surface area contributed by atoms with Crippen LogP contribution in [0.15, 0.2) is 58.5 Å². The molecule has 2 aromatic heterocycles. The Hall–Kier alpha value is -3.70. The van der Waals surface area contributed by atoms with Crippen molar-refractivity contribution in [3.05, 3.63) is 75.1 Å². The second-order valence-corrected chi connectivity index (χ2v) is 10.7. The van der Waals surface area contributed by atoms with E-state index in [4.69, 9.17) is 9.72 Å². The number of thioether (sulfide) groups is 1. The molecule has 196 valence electrons. The average Bonchev–Trinajstić information content (AvgIpc) is 3.27. The lowest BCUT2D eigenvalue weighted by Crippen LogP contribution is -2.34. The molecule has 5 rings (SSSR count). The van der Waals surface area contributed by atoms with Crippen molar-refractivity contribution in [3.63, 3.8) is 0 Å². The number of aromatic nitrogens is 2. The van der Waals surface area contributed by atoms with Gasteiger partial charge in [0.2, 0.25) is 11.8 Å². The van der Waals surface area contributed by atoms with Gasteiger partial charge in [0, 0.05) is 18.3 Å². The van der Waals surface area contributed by atoms with Gasteiger partial charge in [-0.05, 0) is 55.3 Å². The zero-order chi connectivity index (χ0) is 26.8. The lowest BCUT2D eigenvalue weighted by atomic mass is 10.1. The summed E-state index contributed by atoms with van der Waals surface area (Å²) < 4.78 is 21.0. The van der Waals surface area contributed by atoms with Crippen molar-refractivity contribution in [2.45, 2.75) is 32.0 Å². The van der Waals surface area contributed by atoms with Gasteiger partial charge in [-0.25, -0.2) is 9.37 Å². The summed E-state index contributed by atoms with van der Waals surface area (Å²) in [5.74, 6) is -0.360. The molecule has 8 nitrogen and oxygen atoms in total. The summed E-state index contributed by atoms with van der Waals surface area (Å²) in [5.41, 5.74) is 1.37. The highest BCUT2D eigenvalue weighted by Gasteiger charge is 2.27. The van der Waals surface area contributed by atoms with Crippen molar-refractivity contribution in [2.24, 2.45) is 0 Å². The summed E-state index contributed by atoms with van der Waals surface area (Å²) in [5, 5.41) is 3.46. The van der Waals surface area contributed by atoms with Crippen molar-refractivity contribution >= 4 is 50.8 Å². The van der Waals surface area contributed by atoms with E-state index < -0.39 is 11.7 Å². The van der Waals surface area contributed by atoms with Crippen LogP contribution >= 0.6 is 23.1 Å². The third kappa shape index (κ3) is 5.16. The maximum Gasteiger partial charge on any atom is 0.267 e. The first-order valence-corrected chi connectivity index (χ1v) is 13.9. The van der Waals surface area contributed by atoms with Crippen LogP contribution < -0.4 is 15.6 Å². The zero-order valence-electron chi connectivity index (χ0n) is 20.8. The molecule has 0 fully saturated rings. The minimum Gasteiger partial charge on any atom is -0.494 e. The van der Waals surface area contributed by atoms with Crippen molar-refractivity contribution in [3.8, 4) is 11.4 Å². The Bertz CT molecular complexity index is 1580. The van der Waals surface area contributed by atoms with E-state index in [1.54, 1.807) is 41.3 Å². The zero-order valence-corrected chi connectivity index (χ0v) is 22.5. The van der Waals surface area contributed by atoms with Crippen LogP contribution in [-0.2, 0) is 22.6 Å². The number of nitrogens with zero attached hydrogens (tertiary/aromatic N) is 3. The quantitative estimate of drug-likeness (QED) is 0.266. The van der Waals surface area contributed by atoms with E-state index in [1.807, 2.05) is 6.92 Å². The van der Waals surface area contributed by atoms with E-state index in [1.165, 1.54) is 35.0 Å². The second kappa shape index (κ2) is 11.0. The summed E-state index contributed by atoms with van der Waals surface area (Å²) in [4.78, 5) is 46.6. The first-order valence-electron chi connectivity index (χ1n) is 12.1. The summed E-state index contributed by atoms with van der Waals surface area (Å²) >= 11 is 2.50. The van der Waals surface area contributed by atoms with Gasteiger partial charge in [0.1, 0.15) is 16.4 Å². The molecule has 0 atom stereocenters. The molecule has 3 heterocycles. The fourth-order valence-electron chi connectivity index (χ4n) is 4.35. The third-order valence-electron chi connectivity index (χ3n) is 6.18. The molecule has 0 bridgehead atoms. The van der Waals surface area contributed by atoms with Gasteiger partial charge in [0.05, 0.1) is 35.7 Å². The molecule has 0 saturated carbocycles. The number of halogens is 1. The van der Waals surface area contributed by atoms with Gasteiger partial charge in [-0.1, -0.05) is 23.9 Å². The number of carbonyl (C=O) groups is 2. The Balaban J connectivity index is 1.53. The van der Waals surface area contributed by atoms with Crippen LogP contribution in [0.25, 0.3) is 15.9 Å². The number of para-hydroxylation sites is 1. The minimum absolute atomic E-state index is 0.00928. The topological polar surface area (TPSA) is 93.5 Å². The molecule has 1 aliphatic heterocycles.